The van der Waals surface area contributed by atoms with Crippen LogP contribution in [0.15, 0.2) is 40.9 Å². The van der Waals surface area contributed by atoms with Gasteiger partial charge >= 0.3 is 0 Å². The standard InChI is InChI=1S/C13H9BrCl2N2O/c14-7-1-3-10(16)12(5-7)19-11-4-2-8(15)6-9(11)13(17)18/h1-6H,(H3,17,18). The van der Waals surface area contributed by atoms with Gasteiger partial charge in [-0.25, -0.2) is 0 Å². The quantitative estimate of drug-likeness (QED) is 0.608. The van der Waals surface area contributed by atoms with E-state index in [1.54, 1.807) is 30.3 Å². The van der Waals surface area contributed by atoms with Crippen LogP contribution in [-0.4, -0.2) is 5.84 Å². The molecule has 2 aromatic carbocycles. The fourth-order valence-electron chi connectivity index (χ4n) is 1.48. The molecule has 0 heterocycles. The Hall–Kier alpha value is -1.23. The van der Waals surface area contributed by atoms with Crippen LogP contribution in [0.2, 0.25) is 10.0 Å². The summed E-state index contributed by atoms with van der Waals surface area (Å²) in [6, 6.07) is 10.1. The molecule has 6 heteroatoms. The van der Waals surface area contributed by atoms with Gasteiger partial charge in [0.05, 0.1) is 10.6 Å². The van der Waals surface area contributed by atoms with Gasteiger partial charge in [-0.3, -0.25) is 5.41 Å². The molecule has 0 radical (unpaired) electrons. The van der Waals surface area contributed by atoms with Crippen LogP contribution >= 0.6 is 39.1 Å². The fraction of sp³-hybridized carbons (Fsp3) is 0. The summed E-state index contributed by atoms with van der Waals surface area (Å²) in [6.45, 7) is 0. The van der Waals surface area contributed by atoms with E-state index < -0.39 is 0 Å². The first kappa shape index (κ1) is 14.2. The number of nitrogen functional groups attached to an aromatic ring is 1. The normalized spacial score (nSPS) is 10.3. The Bertz CT molecular complexity index is 647. The average molecular weight is 360 g/mol. The number of benzene rings is 2. The molecule has 3 nitrogen and oxygen atoms in total. The van der Waals surface area contributed by atoms with Gasteiger partial charge in [-0.05, 0) is 36.4 Å². The zero-order valence-corrected chi connectivity index (χ0v) is 12.7. The van der Waals surface area contributed by atoms with Crippen molar-refractivity contribution in [2.75, 3.05) is 0 Å². The Kier molecular flexibility index (Phi) is 4.34. The molecule has 0 aromatic heterocycles. The number of halogens is 3. The third kappa shape index (κ3) is 3.41. The van der Waals surface area contributed by atoms with E-state index >= 15 is 0 Å². The molecule has 0 atom stereocenters. The molecule has 0 amide bonds. The first-order valence-electron chi connectivity index (χ1n) is 5.24. The van der Waals surface area contributed by atoms with Crippen LogP contribution in [-0.2, 0) is 0 Å². The monoisotopic (exact) mass is 358 g/mol. The maximum Gasteiger partial charge on any atom is 0.147 e. The zero-order chi connectivity index (χ0) is 14.0. The van der Waals surface area contributed by atoms with Crippen molar-refractivity contribution in [2.45, 2.75) is 0 Å². The lowest BCUT2D eigenvalue weighted by Gasteiger charge is -2.12. The second kappa shape index (κ2) is 5.82. The largest absolute Gasteiger partial charge is 0.455 e. The van der Waals surface area contributed by atoms with Crippen LogP contribution in [0.4, 0.5) is 0 Å². The highest BCUT2D eigenvalue weighted by Gasteiger charge is 2.11. The Morgan fingerprint density at radius 1 is 1.11 bits per heavy atom. The lowest BCUT2D eigenvalue weighted by atomic mass is 10.2. The van der Waals surface area contributed by atoms with E-state index in [2.05, 4.69) is 15.9 Å². The van der Waals surface area contributed by atoms with Gasteiger partial charge < -0.3 is 10.5 Å². The molecule has 19 heavy (non-hydrogen) atoms. The SMILES string of the molecule is N=C(N)c1cc(Cl)ccc1Oc1cc(Br)ccc1Cl. The molecule has 0 saturated carbocycles. The Morgan fingerprint density at radius 3 is 2.53 bits per heavy atom. The van der Waals surface area contributed by atoms with Crippen LogP contribution in [0, 0.1) is 5.41 Å². The van der Waals surface area contributed by atoms with E-state index in [4.69, 9.17) is 39.1 Å². The van der Waals surface area contributed by atoms with Gasteiger partial charge in [0, 0.05) is 9.50 Å². The van der Waals surface area contributed by atoms with Gasteiger partial charge in [0.2, 0.25) is 0 Å². The van der Waals surface area contributed by atoms with E-state index in [1.807, 2.05) is 6.07 Å². The van der Waals surface area contributed by atoms with Crippen molar-refractivity contribution < 1.29 is 4.74 Å². The summed E-state index contributed by atoms with van der Waals surface area (Å²) in [7, 11) is 0. The lowest BCUT2D eigenvalue weighted by molar-refractivity contribution is 0.481. The molecule has 0 spiro atoms. The Labute approximate surface area is 128 Å². The van der Waals surface area contributed by atoms with Crippen molar-refractivity contribution in [3.05, 3.63) is 56.5 Å². The number of ether oxygens (including phenoxy) is 1. The molecule has 0 saturated heterocycles. The van der Waals surface area contributed by atoms with Crippen molar-refractivity contribution in [2.24, 2.45) is 5.73 Å². The van der Waals surface area contributed by atoms with Crippen LogP contribution in [0.25, 0.3) is 0 Å². The van der Waals surface area contributed by atoms with Crippen molar-refractivity contribution >= 4 is 45.0 Å². The predicted molar refractivity (Wildman–Crippen MR) is 81.7 cm³/mol. The van der Waals surface area contributed by atoms with Crippen molar-refractivity contribution in [3.8, 4) is 11.5 Å². The number of rotatable bonds is 3. The van der Waals surface area contributed by atoms with E-state index in [0.29, 0.717) is 27.1 Å². The fourth-order valence-corrected chi connectivity index (χ4v) is 2.14. The molecule has 98 valence electrons. The maximum atomic E-state index is 7.53. The summed E-state index contributed by atoms with van der Waals surface area (Å²) in [6.07, 6.45) is 0. The van der Waals surface area contributed by atoms with Gasteiger partial charge in [0.15, 0.2) is 0 Å². The van der Waals surface area contributed by atoms with E-state index in [9.17, 15) is 0 Å². The summed E-state index contributed by atoms with van der Waals surface area (Å²) in [5.74, 6) is 0.779. The maximum absolute atomic E-state index is 7.53. The second-order valence-corrected chi connectivity index (χ2v) is 5.49. The molecule has 2 rings (SSSR count). The molecule has 0 aliphatic rings. The second-order valence-electron chi connectivity index (χ2n) is 3.73. The number of hydrogen-bond donors (Lipinski definition) is 2. The van der Waals surface area contributed by atoms with Gasteiger partial charge in [0.25, 0.3) is 0 Å². The van der Waals surface area contributed by atoms with Gasteiger partial charge in [-0.15, -0.1) is 0 Å². The summed E-state index contributed by atoms with van der Waals surface area (Å²) in [5, 5.41) is 8.48. The van der Waals surface area contributed by atoms with E-state index in [-0.39, 0.29) is 5.84 Å². The topological polar surface area (TPSA) is 59.1 Å². The summed E-state index contributed by atoms with van der Waals surface area (Å²) in [5.41, 5.74) is 5.93. The lowest BCUT2D eigenvalue weighted by Crippen LogP contribution is -2.12. The van der Waals surface area contributed by atoms with Crippen LogP contribution < -0.4 is 10.5 Å². The number of nitrogens with two attached hydrogens (primary N) is 1. The minimum absolute atomic E-state index is 0.122. The predicted octanol–water partition coefficient (Wildman–Crippen LogP) is 4.83. The van der Waals surface area contributed by atoms with Crippen molar-refractivity contribution in [1.82, 2.24) is 0 Å². The Morgan fingerprint density at radius 2 is 1.84 bits per heavy atom. The van der Waals surface area contributed by atoms with Crippen molar-refractivity contribution in [3.63, 3.8) is 0 Å². The van der Waals surface area contributed by atoms with E-state index in [0.717, 1.165) is 4.47 Å². The third-order valence-corrected chi connectivity index (χ3v) is 3.39. The average Bonchev–Trinajstić information content (AvgIpc) is 2.35. The zero-order valence-electron chi connectivity index (χ0n) is 9.58. The number of amidine groups is 1. The van der Waals surface area contributed by atoms with Gasteiger partial charge in [0.1, 0.15) is 17.3 Å². The van der Waals surface area contributed by atoms with Crippen LogP contribution in [0.3, 0.4) is 0 Å². The number of hydrogen-bond acceptors (Lipinski definition) is 2. The molecule has 0 aliphatic heterocycles. The van der Waals surface area contributed by atoms with Crippen LogP contribution in [0.5, 0.6) is 11.5 Å². The van der Waals surface area contributed by atoms with Crippen molar-refractivity contribution in [1.29, 1.82) is 5.41 Å². The molecule has 2 aromatic rings. The molecular weight excluding hydrogens is 351 g/mol. The molecule has 0 bridgehead atoms. The third-order valence-electron chi connectivity index (χ3n) is 2.34. The highest BCUT2D eigenvalue weighted by Crippen LogP contribution is 2.34. The first-order chi connectivity index (χ1) is 8.97. The summed E-state index contributed by atoms with van der Waals surface area (Å²) >= 11 is 15.3. The molecule has 0 unspecified atom stereocenters. The summed E-state index contributed by atoms with van der Waals surface area (Å²) in [4.78, 5) is 0. The summed E-state index contributed by atoms with van der Waals surface area (Å²) < 4.78 is 6.53. The minimum atomic E-state index is -0.122. The molecule has 0 aliphatic carbocycles. The minimum Gasteiger partial charge on any atom is -0.455 e. The van der Waals surface area contributed by atoms with Gasteiger partial charge in [-0.1, -0.05) is 39.1 Å². The number of nitrogens with one attached hydrogen (secondary N) is 1. The Balaban J connectivity index is 2.43. The highest BCUT2D eigenvalue weighted by molar-refractivity contribution is 9.10. The smallest absolute Gasteiger partial charge is 0.147 e. The molecule has 0 fully saturated rings. The highest BCUT2D eigenvalue weighted by atomic mass is 79.9. The van der Waals surface area contributed by atoms with Gasteiger partial charge in [-0.2, -0.15) is 0 Å². The molecular formula is C13H9BrCl2N2O. The van der Waals surface area contributed by atoms with Crippen LogP contribution in [0.1, 0.15) is 5.56 Å². The first-order valence-corrected chi connectivity index (χ1v) is 6.79. The van der Waals surface area contributed by atoms with E-state index in [1.165, 1.54) is 0 Å². The molecule has 3 N–H and O–H groups in total.